The molecule has 0 radical (unpaired) electrons. The van der Waals surface area contributed by atoms with Gasteiger partial charge in [-0.05, 0) is 98.1 Å². The van der Waals surface area contributed by atoms with Gasteiger partial charge < -0.3 is 4.57 Å². The summed E-state index contributed by atoms with van der Waals surface area (Å²) in [7, 11) is 0. The SMILES string of the molecule is c1ccc(-c2ccc3c(c2)C2(c4cc(-n5c6ccccc6c6ccccc65)ccc4-3)c3ccccc3-c3c2ccc2sc4ccccc4c32)cc1. The maximum atomic E-state index is 2.51. The molecule has 0 fully saturated rings. The van der Waals surface area contributed by atoms with Crippen LogP contribution in [0.4, 0.5) is 0 Å². The van der Waals surface area contributed by atoms with Crippen molar-refractivity contribution in [2.75, 3.05) is 0 Å². The second-order valence-corrected chi connectivity index (χ2v) is 15.1. The molecule has 1 atom stereocenters. The van der Waals surface area contributed by atoms with Crippen molar-refractivity contribution in [3.63, 3.8) is 0 Å². The number of benzene rings is 8. The maximum absolute atomic E-state index is 2.51. The number of fused-ring (bicyclic) bond motifs is 17. The van der Waals surface area contributed by atoms with Crippen molar-refractivity contribution in [2.45, 2.75) is 5.41 Å². The summed E-state index contributed by atoms with van der Waals surface area (Å²) in [5.41, 5.74) is 16.5. The summed E-state index contributed by atoms with van der Waals surface area (Å²) in [6, 6.07) is 65.9. The molecule has 10 aromatic rings. The summed E-state index contributed by atoms with van der Waals surface area (Å²) in [5.74, 6) is 0. The van der Waals surface area contributed by atoms with Crippen molar-refractivity contribution in [1.29, 1.82) is 0 Å². The second-order valence-electron chi connectivity index (χ2n) is 14.0. The number of nitrogens with zero attached hydrogens (tertiary/aromatic N) is 1. The second kappa shape index (κ2) is 9.94. The summed E-state index contributed by atoms with van der Waals surface area (Å²) < 4.78 is 5.15. The highest BCUT2D eigenvalue weighted by molar-refractivity contribution is 7.26. The number of thiophene rings is 1. The van der Waals surface area contributed by atoms with Gasteiger partial charge in [0.2, 0.25) is 0 Å². The molecule has 236 valence electrons. The van der Waals surface area contributed by atoms with Crippen LogP contribution >= 0.6 is 11.3 Å². The molecule has 8 aromatic carbocycles. The molecular weight excluding hydrogens is 635 g/mol. The average Bonchev–Trinajstić information content (AvgIpc) is 3.91. The number of hydrogen-bond donors (Lipinski definition) is 0. The van der Waals surface area contributed by atoms with E-state index < -0.39 is 5.41 Å². The molecule has 0 bridgehead atoms. The van der Waals surface area contributed by atoms with Gasteiger partial charge >= 0.3 is 0 Å². The van der Waals surface area contributed by atoms with Gasteiger partial charge in [0.05, 0.1) is 16.4 Å². The molecular formula is C49H29NS. The lowest BCUT2D eigenvalue weighted by atomic mass is 9.70. The third kappa shape index (κ3) is 3.45. The standard InChI is InChI=1S/C49H29NS/c1-2-12-30(13-3-1)31-22-24-33-34-25-23-32(50-43-19-9-5-14-35(43)36-15-6-10-20-44(36)50)29-42(34)49(41(33)28-31)39-18-8-4-16-37(39)47-40(49)26-27-46-48(47)38-17-7-11-21-45(38)51-46/h1-29H. The summed E-state index contributed by atoms with van der Waals surface area (Å²) in [6.07, 6.45) is 0. The minimum atomic E-state index is -0.479. The Bertz CT molecular complexity index is 3030. The van der Waals surface area contributed by atoms with Crippen molar-refractivity contribution in [3.8, 4) is 39.1 Å². The van der Waals surface area contributed by atoms with E-state index in [-0.39, 0.29) is 0 Å². The van der Waals surface area contributed by atoms with Gasteiger partial charge in [0, 0.05) is 36.6 Å². The monoisotopic (exact) mass is 663 g/mol. The van der Waals surface area contributed by atoms with E-state index in [0.717, 1.165) is 0 Å². The Morgan fingerprint density at radius 3 is 1.84 bits per heavy atom. The van der Waals surface area contributed by atoms with Gasteiger partial charge in [-0.3, -0.25) is 0 Å². The highest BCUT2D eigenvalue weighted by atomic mass is 32.1. The predicted octanol–water partition coefficient (Wildman–Crippen LogP) is 13.2. The molecule has 1 nitrogen and oxygen atoms in total. The molecule has 2 heterocycles. The van der Waals surface area contributed by atoms with Crippen LogP contribution in [0.15, 0.2) is 176 Å². The highest BCUT2D eigenvalue weighted by Gasteiger charge is 2.52. The molecule has 0 aliphatic heterocycles. The van der Waals surface area contributed by atoms with Gasteiger partial charge in [-0.2, -0.15) is 0 Å². The van der Waals surface area contributed by atoms with E-state index in [9.17, 15) is 0 Å². The van der Waals surface area contributed by atoms with Crippen LogP contribution in [0.25, 0.3) is 81.0 Å². The van der Waals surface area contributed by atoms with Gasteiger partial charge in [-0.25, -0.2) is 0 Å². The first-order valence-corrected chi connectivity index (χ1v) is 18.5. The van der Waals surface area contributed by atoms with Crippen LogP contribution in [0.1, 0.15) is 22.3 Å². The zero-order valence-corrected chi connectivity index (χ0v) is 28.4. The quantitative estimate of drug-likeness (QED) is 0.173. The van der Waals surface area contributed by atoms with Crippen LogP contribution in [0.5, 0.6) is 0 Å². The fraction of sp³-hybridized carbons (Fsp3) is 0.0204. The Kier molecular flexibility index (Phi) is 5.38. The summed E-state index contributed by atoms with van der Waals surface area (Å²) >= 11 is 1.90. The van der Waals surface area contributed by atoms with E-state index in [1.54, 1.807) is 0 Å². The molecule has 2 heteroatoms. The molecule has 2 aliphatic carbocycles. The third-order valence-electron chi connectivity index (χ3n) is 11.6. The van der Waals surface area contributed by atoms with Crippen LogP contribution in [0, 0.1) is 0 Å². The zero-order valence-electron chi connectivity index (χ0n) is 27.6. The fourth-order valence-electron chi connectivity index (χ4n) is 9.62. The first kappa shape index (κ1) is 27.6. The zero-order chi connectivity index (χ0) is 33.3. The van der Waals surface area contributed by atoms with Gasteiger partial charge in [0.15, 0.2) is 0 Å². The Balaban J connectivity index is 1.24. The van der Waals surface area contributed by atoms with E-state index in [1.807, 2.05) is 11.3 Å². The maximum Gasteiger partial charge on any atom is 0.0726 e. The topological polar surface area (TPSA) is 4.93 Å². The summed E-state index contributed by atoms with van der Waals surface area (Å²) in [6.45, 7) is 0. The number of hydrogen-bond acceptors (Lipinski definition) is 1. The molecule has 12 rings (SSSR count). The lowest BCUT2D eigenvalue weighted by Gasteiger charge is -2.31. The van der Waals surface area contributed by atoms with Crippen LogP contribution in [-0.2, 0) is 5.41 Å². The summed E-state index contributed by atoms with van der Waals surface area (Å²) in [4.78, 5) is 0. The number of para-hydroxylation sites is 2. The first-order chi connectivity index (χ1) is 25.3. The van der Waals surface area contributed by atoms with Crippen molar-refractivity contribution < 1.29 is 0 Å². The summed E-state index contributed by atoms with van der Waals surface area (Å²) in [5, 5.41) is 5.28. The highest BCUT2D eigenvalue weighted by Crippen LogP contribution is 2.65. The molecule has 1 spiro atoms. The smallest absolute Gasteiger partial charge is 0.0726 e. The van der Waals surface area contributed by atoms with Gasteiger partial charge in [-0.1, -0.05) is 133 Å². The van der Waals surface area contributed by atoms with Crippen molar-refractivity contribution in [3.05, 3.63) is 198 Å². The van der Waals surface area contributed by atoms with Crippen LogP contribution < -0.4 is 0 Å². The number of rotatable bonds is 2. The minimum Gasteiger partial charge on any atom is -0.309 e. The normalized spacial score (nSPS) is 15.5. The average molecular weight is 664 g/mol. The first-order valence-electron chi connectivity index (χ1n) is 17.7. The predicted molar refractivity (Wildman–Crippen MR) is 215 cm³/mol. The third-order valence-corrected chi connectivity index (χ3v) is 12.8. The van der Waals surface area contributed by atoms with Gasteiger partial charge in [0.1, 0.15) is 0 Å². The Morgan fingerprint density at radius 2 is 1.04 bits per heavy atom. The fourth-order valence-corrected chi connectivity index (χ4v) is 10.7. The molecule has 0 saturated carbocycles. The van der Waals surface area contributed by atoms with Crippen molar-refractivity contribution in [1.82, 2.24) is 4.57 Å². The molecule has 2 aromatic heterocycles. The Hall–Kier alpha value is -6.22. The van der Waals surface area contributed by atoms with Crippen LogP contribution in [0.2, 0.25) is 0 Å². The molecule has 0 saturated heterocycles. The van der Waals surface area contributed by atoms with E-state index in [1.165, 1.54) is 103 Å². The van der Waals surface area contributed by atoms with Crippen molar-refractivity contribution >= 4 is 53.3 Å². The molecule has 2 aliphatic rings. The van der Waals surface area contributed by atoms with Crippen LogP contribution in [0.3, 0.4) is 0 Å². The van der Waals surface area contributed by atoms with E-state index >= 15 is 0 Å². The van der Waals surface area contributed by atoms with E-state index in [0.29, 0.717) is 0 Å². The Labute approximate surface area is 299 Å². The van der Waals surface area contributed by atoms with E-state index in [2.05, 4.69) is 180 Å². The molecule has 1 unspecified atom stereocenters. The van der Waals surface area contributed by atoms with Crippen LogP contribution in [-0.4, -0.2) is 4.57 Å². The lowest BCUT2D eigenvalue weighted by molar-refractivity contribution is 0.793. The minimum absolute atomic E-state index is 0.479. The van der Waals surface area contributed by atoms with Crippen molar-refractivity contribution in [2.24, 2.45) is 0 Å². The lowest BCUT2D eigenvalue weighted by Crippen LogP contribution is -2.26. The Morgan fingerprint density at radius 1 is 0.392 bits per heavy atom. The number of aromatic nitrogens is 1. The molecule has 0 N–H and O–H groups in total. The van der Waals surface area contributed by atoms with Gasteiger partial charge in [-0.15, -0.1) is 11.3 Å². The largest absolute Gasteiger partial charge is 0.309 e. The molecule has 0 amide bonds. The molecule has 51 heavy (non-hydrogen) atoms. The van der Waals surface area contributed by atoms with E-state index in [4.69, 9.17) is 0 Å². The van der Waals surface area contributed by atoms with Gasteiger partial charge in [0.25, 0.3) is 0 Å².